The summed E-state index contributed by atoms with van der Waals surface area (Å²) in [4.78, 5) is 0. The standard InChI is InChI=1S/C24H29F2N5O2/c1-13(15-7-16(24(3,25)26)9-17(27)8-15)28-23-20-10-21(29-18-5-6-33-12-18)22(32-4)11-19(20)14(2)30-31-23/h7-11,13,18,29H,5-6,12,27H2,1-4H3,(H,28,31). The lowest BCUT2D eigenvalue weighted by Crippen LogP contribution is -2.19. The van der Waals surface area contributed by atoms with Gasteiger partial charge in [-0.2, -0.15) is 5.10 Å². The summed E-state index contributed by atoms with van der Waals surface area (Å²) in [6.07, 6.45) is 0.913. The number of nitrogens with one attached hydrogen (secondary N) is 2. The number of fused-ring (bicyclic) bond motifs is 1. The number of rotatable bonds is 7. The van der Waals surface area contributed by atoms with Gasteiger partial charge in [-0.25, -0.2) is 8.78 Å². The molecule has 3 aromatic rings. The first kappa shape index (κ1) is 23.0. The Morgan fingerprint density at radius 3 is 2.64 bits per heavy atom. The van der Waals surface area contributed by atoms with Crippen molar-refractivity contribution >= 4 is 28.0 Å². The summed E-state index contributed by atoms with van der Waals surface area (Å²) in [6, 6.07) is 8.23. The van der Waals surface area contributed by atoms with Gasteiger partial charge in [0.15, 0.2) is 5.82 Å². The van der Waals surface area contributed by atoms with Crippen molar-refractivity contribution in [2.75, 3.05) is 36.7 Å². The van der Waals surface area contributed by atoms with E-state index in [2.05, 4.69) is 20.8 Å². The number of alkyl halides is 2. The highest BCUT2D eigenvalue weighted by molar-refractivity contribution is 5.97. The zero-order valence-corrected chi connectivity index (χ0v) is 19.2. The van der Waals surface area contributed by atoms with Crippen LogP contribution in [0.5, 0.6) is 5.75 Å². The van der Waals surface area contributed by atoms with E-state index in [0.717, 1.165) is 42.1 Å². The largest absolute Gasteiger partial charge is 0.495 e. The van der Waals surface area contributed by atoms with Crippen molar-refractivity contribution < 1.29 is 18.3 Å². The summed E-state index contributed by atoms with van der Waals surface area (Å²) in [7, 11) is 1.63. The first-order valence-electron chi connectivity index (χ1n) is 10.9. The van der Waals surface area contributed by atoms with E-state index in [4.69, 9.17) is 15.2 Å². The van der Waals surface area contributed by atoms with Gasteiger partial charge in [0.1, 0.15) is 5.75 Å². The van der Waals surface area contributed by atoms with Gasteiger partial charge in [0.25, 0.3) is 5.92 Å². The van der Waals surface area contributed by atoms with Crippen molar-refractivity contribution in [3.05, 3.63) is 47.2 Å². The Bertz CT molecular complexity index is 1160. The number of anilines is 3. The van der Waals surface area contributed by atoms with E-state index in [0.29, 0.717) is 23.7 Å². The Kier molecular flexibility index (Phi) is 6.25. The van der Waals surface area contributed by atoms with E-state index in [1.807, 2.05) is 26.0 Å². The molecule has 2 heterocycles. The lowest BCUT2D eigenvalue weighted by Gasteiger charge is -2.21. The molecule has 1 saturated heterocycles. The van der Waals surface area contributed by atoms with Crippen molar-refractivity contribution in [1.29, 1.82) is 0 Å². The lowest BCUT2D eigenvalue weighted by atomic mass is 10.0. The molecule has 0 amide bonds. The van der Waals surface area contributed by atoms with Gasteiger partial charge < -0.3 is 25.8 Å². The Labute approximate surface area is 191 Å². The van der Waals surface area contributed by atoms with Crippen LogP contribution in [0.3, 0.4) is 0 Å². The molecule has 0 saturated carbocycles. The van der Waals surface area contributed by atoms with Crippen LogP contribution >= 0.6 is 0 Å². The van der Waals surface area contributed by atoms with Crippen LogP contribution in [-0.4, -0.2) is 36.6 Å². The summed E-state index contributed by atoms with van der Waals surface area (Å²) in [5.41, 5.74) is 8.29. The summed E-state index contributed by atoms with van der Waals surface area (Å²) in [5, 5.41) is 17.2. The highest BCUT2D eigenvalue weighted by Crippen LogP contribution is 2.37. The predicted octanol–water partition coefficient (Wildman–Crippen LogP) is 5.01. The molecule has 1 fully saturated rings. The van der Waals surface area contributed by atoms with Gasteiger partial charge in [-0.3, -0.25) is 0 Å². The van der Waals surface area contributed by atoms with Crippen molar-refractivity contribution in [3.63, 3.8) is 0 Å². The molecule has 2 aromatic carbocycles. The van der Waals surface area contributed by atoms with Crippen LogP contribution in [-0.2, 0) is 10.7 Å². The minimum atomic E-state index is -2.98. The number of nitrogens with zero attached hydrogens (tertiary/aromatic N) is 2. The molecule has 0 aliphatic carbocycles. The Morgan fingerprint density at radius 2 is 1.97 bits per heavy atom. The van der Waals surface area contributed by atoms with Crippen LogP contribution in [0.4, 0.5) is 26.0 Å². The number of nitrogen functional groups attached to an aromatic ring is 1. The van der Waals surface area contributed by atoms with E-state index in [1.165, 1.54) is 12.1 Å². The van der Waals surface area contributed by atoms with Crippen molar-refractivity contribution in [1.82, 2.24) is 10.2 Å². The monoisotopic (exact) mass is 457 g/mol. The maximum absolute atomic E-state index is 13.9. The van der Waals surface area contributed by atoms with Crippen LogP contribution < -0.4 is 21.1 Å². The topological polar surface area (TPSA) is 94.3 Å². The predicted molar refractivity (Wildman–Crippen MR) is 126 cm³/mol. The molecule has 1 aliphatic heterocycles. The van der Waals surface area contributed by atoms with Gasteiger partial charge in [0.05, 0.1) is 37.2 Å². The van der Waals surface area contributed by atoms with E-state index < -0.39 is 5.92 Å². The number of methoxy groups -OCH3 is 1. The van der Waals surface area contributed by atoms with E-state index in [9.17, 15) is 8.78 Å². The maximum Gasteiger partial charge on any atom is 0.270 e. The van der Waals surface area contributed by atoms with Crippen LogP contribution in [0.2, 0.25) is 0 Å². The molecule has 7 nitrogen and oxygen atoms in total. The Morgan fingerprint density at radius 1 is 1.18 bits per heavy atom. The van der Waals surface area contributed by atoms with Crippen LogP contribution in [0.1, 0.15) is 43.1 Å². The molecule has 33 heavy (non-hydrogen) atoms. The number of hydrogen-bond acceptors (Lipinski definition) is 7. The van der Waals surface area contributed by atoms with E-state index in [1.54, 1.807) is 13.2 Å². The van der Waals surface area contributed by atoms with Crippen LogP contribution in [0.15, 0.2) is 30.3 Å². The van der Waals surface area contributed by atoms with Gasteiger partial charge in [0.2, 0.25) is 0 Å². The molecule has 1 aromatic heterocycles. The van der Waals surface area contributed by atoms with Gasteiger partial charge in [0, 0.05) is 35.6 Å². The molecule has 0 spiro atoms. The number of halogens is 2. The summed E-state index contributed by atoms with van der Waals surface area (Å²) < 4.78 is 38.9. The minimum absolute atomic E-state index is 0.124. The van der Waals surface area contributed by atoms with Crippen LogP contribution in [0.25, 0.3) is 10.8 Å². The second-order valence-electron chi connectivity index (χ2n) is 8.58. The Balaban J connectivity index is 1.71. The molecule has 2 unspecified atom stereocenters. The molecule has 4 N–H and O–H groups in total. The molecule has 4 rings (SSSR count). The molecular formula is C24H29F2N5O2. The number of ether oxygens (including phenoxy) is 2. The highest BCUT2D eigenvalue weighted by atomic mass is 19.3. The second kappa shape index (κ2) is 8.97. The molecule has 0 bridgehead atoms. The van der Waals surface area contributed by atoms with Gasteiger partial charge >= 0.3 is 0 Å². The first-order valence-corrected chi connectivity index (χ1v) is 10.9. The van der Waals surface area contributed by atoms with Gasteiger partial charge in [-0.1, -0.05) is 0 Å². The summed E-state index contributed by atoms with van der Waals surface area (Å²) in [6.45, 7) is 5.98. The van der Waals surface area contributed by atoms with E-state index >= 15 is 0 Å². The van der Waals surface area contributed by atoms with Gasteiger partial charge in [-0.15, -0.1) is 5.10 Å². The average molecular weight is 458 g/mol. The average Bonchev–Trinajstić information content (AvgIpc) is 3.27. The van der Waals surface area contributed by atoms with Crippen molar-refractivity contribution in [3.8, 4) is 5.75 Å². The third-order valence-electron chi connectivity index (χ3n) is 5.91. The molecular weight excluding hydrogens is 428 g/mol. The fourth-order valence-electron chi connectivity index (χ4n) is 4.03. The molecule has 2 atom stereocenters. The number of aryl methyl sites for hydroxylation is 1. The summed E-state index contributed by atoms with van der Waals surface area (Å²) >= 11 is 0. The number of aromatic nitrogens is 2. The van der Waals surface area contributed by atoms with Crippen molar-refractivity contribution in [2.24, 2.45) is 0 Å². The zero-order valence-electron chi connectivity index (χ0n) is 19.2. The first-order chi connectivity index (χ1) is 15.7. The van der Waals surface area contributed by atoms with Gasteiger partial charge in [-0.05, 0) is 56.2 Å². The quantitative estimate of drug-likeness (QED) is 0.429. The molecule has 176 valence electrons. The number of benzene rings is 2. The fourth-order valence-corrected chi connectivity index (χ4v) is 4.03. The maximum atomic E-state index is 13.9. The smallest absolute Gasteiger partial charge is 0.270 e. The van der Waals surface area contributed by atoms with Crippen LogP contribution in [0, 0.1) is 6.92 Å². The normalized spacial score (nSPS) is 17.2. The SMILES string of the molecule is COc1cc2c(C)nnc(NC(C)c3cc(N)cc(C(C)(F)F)c3)c2cc1NC1CCOC1. The number of hydrogen-bond donors (Lipinski definition) is 3. The highest BCUT2D eigenvalue weighted by Gasteiger charge is 2.26. The third kappa shape index (κ3) is 4.93. The molecule has 0 radical (unpaired) electrons. The fraction of sp³-hybridized carbons (Fsp3) is 0.417. The lowest BCUT2D eigenvalue weighted by molar-refractivity contribution is 0.0174. The third-order valence-corrected chi connectivity index (χ3v) is 5.91. The molecule has 1 aliphatic rings. The molecule has 9 heteroatoms. The Hall–Kier alpha value is -3.20. The number of nitrogens with two attached hydrogens (primary N) is 1. The van der Waals surface area contributed by atoms with Crippen molar-refractivity contribution in [2.45, 2.75) is 45.2 Å². The summed E-state index contributed by atoms with van der Waals surface area (Å²) in [5.74, 6) is -1.74. The second-order valence-corrected chi connectivity index (χ2v) is 8.58. The zero-order chi connectivity index (χ0) is 23.8. The van der Waals surface area contributed by atoms with E-state index in [-0.39, 0.29) is 23.3 Å². The minimum Gasteiger partial charge on any atom is -0.495 e.